The molecule has 0 radical (unpaired) electrons. The molecule has 3 aromatic rings. The number of carbonyl (C=O) groups excluding carboxylic acids is 1. The zero-order chi connectivity index (χ0) is 16.4. The highest BCUT2D eigenvalue weighted by atomic mass is 32.1. The highest BCUT2D eigenvalue weighted by Crippen LogP contribution is 2.29. The van der Waals surface area contributed by atoms with E-state index < -0.39 is 0 Å². The number of para-hydroxylation sites is 1. The normalized spacial score (nSPS) is 15.5. The standard InChI is InChI=1S/C20H19NO2S/c22-20(23-14-7-2-1-3-8-14)16-13-18(19-11-6-12-24-19)21-17-10-5-4-9-15(16)17/h4-6,9-14H,1-3,7-8H2. The molecule has 1 saturated carbocycles. The third kappa shape index (κ3) is 3.06. The molecule has 1 aliphatic carbocycles. The molecule has 1 aliphatic rings. The van der Waals surface area contributed by atoms with Gasteiger partial charge in [0.25, 0.3) is 0 Å². The molecular weight excluding hydrogens is 318 g/mol. The highest BCUT2D eigenvalue weighted by Gasteiger charge is 2.21. The number of ether oxygens (including phenoxy) is 1. The van der Waals surface area contributed by atoms with E-state index in [1.807, 2.05) is 47.8 Å². The monoisotopic (exact) mass is 337 g/mol. The van der Waals surface area contributed by atoms with E-state index >= 15 is 0 Å². The number of hydrogen-bond acceptors (Lipinski definition) is 4. The Labute approximate surface area is 145 Å². The van der Waals surface area contributed by atoms with Gasteiger partial charge in [-0.3, -0.25) is 0 Å². The summed E-state index contributed by atoms with van der Waals surface area (Å²) in [5.41, 5.74) is 2.29. The van der Waals surface area contributed by atoms with Gasteiger partial charge in [-0.2, -0.15) is 0 Å². The van der Waals surface area contributed by atoms with E-state index in [-0.39, 0.29) is 12.1 Å². The SMILES string of the molecule is O=C(OC1CCCCC1)c1cc(-c2cccs2)nc2ccccc12. The van der Waals surface area contributed by atoms with Gasteiger partial charge in [-0.15, -0.1) is 11.3 Å². The first-order chi connectivity index (χ1) is 11.8. The second kappa shape index (κ2) is 6.73. The number of thiophene rings is 1. The van der Waals surface area contributed by atoms with E-state index in [4.69, 9.17) is 9.72 Å². The molecule has 0 aliphatic heterocycles. The molecule has 0 spiro atoms. The van der Waals surface area contributed by atoms with Crippen LogP contribution < -0.4 is 0 Å². The predicted octanol–water partition coefficient (Wildman–Crippen LogP) is 5.45. The predicted molar refractivity (Wildman–Crippen MR) is 97.3 cm³/mol. The Balaban J connectivity index is 1.73. The van der Waals surface area contributed by atoms with Gasteiger partial charge in [-0.1, -0.05) is 30.7 Å². The average Bonchev–Trinajstić information content (AvgIpc) is 3.16. The maximum atomic E-state index is 12.8. The van der Waals surface area contributed by atoms with Crippen LogP contribution in [0.1, 0.15) is 42.5 Å². The smallest absolute Gasteiger partial charge is 0.339 e. The van der Waals surface area contributed by atoms with Crippen molar-refractivity contribution < 1.29 is 9.53 Å². The van der Waals surface area contributed by atoms with Crippen LogP contribution in [0.4, 0.5) is 0 Å². The van der Waals surface area contributed by atoms with Crippen LogP contribution in [-0.2, 0) is 4.74 Å². The number of rotatable bonds is 3. The first-order valence-electron chi connectivity index (χ1n) is 8.46. The van der Waals surface area contributed by atoms with Crippen molar-refractivity contribution in [2.24, 2.45) is 0 Å². The van der Waals surface area contributed by atoms with Gasteiger partial charge in [0.1, 0.15) is 6.10 Å². The van der Waals surface area contributed by atoms with Gasteiger partial charge in [-0.25, -0.2) is 9.78 Å². The van der Waals surface area contributed by atoms with E-state index in [1.165, 1.54) is 6.42 Å². The molecule has 1 aromatic carbocycles. The summed E-state index contributed by atoms with van der Waals surface area (Å²) in [7, 11) is 0. The molecular formula is C20H19NO2S. The Morgan fingerprint density at radius 2 is 1.92 bits per heavy atom. The second-order valence-electron chi connectivity index (χ2n) is 6.21. The van der Waals surface area contributed by atoms with Gasteiger partial charge >= 0.3 is 5.97 Å². The minimum atomic E-state index is -0.224. The lowest BCUT2D eigenvalue weighted by atomic mass is 9.97. The number of pyridine rings is 1. The average molecular weight is 337 g/mol. The Morgan fingerprint density at radius 3 is 2.71 bits per heavy atom. The number of carbonyl (C=O) groups is 1. The maximum absolute atomic E-state index is 12.8. The number of hydrogen-bond donors (Lipinski definition) is 0. The maximum Gasteiger partial charge on any atom is 0.339 e. The summed E-state index contributed by atoms with van der Waals surface area (Å²) in [6, 6.07) is 13.7. The first kappa shape index (κ1) is 15.3. The number of aromatic nitrogens is 1. The largest absolute Gasteiger partial charge is 0.459 e. The van der Waals surface area contributed by atoms with E-state index in [1.54, 1.807) is 11.3 Å². The van der Waals surface area contributed by atoms with Crippen molar-refractivity contribution in [1.82, 2.24) is 4.98 Å². The summed E-state index contributed by atoms with van der Waals surface area (Å²) in [6.07, 6.45) is 5.56. The minimum Gasteiger partial charge on any atom is -0.459 e. The number of benzene rings is 1. The zero-order valence-electron chi connectivity index (χ0n) is 13.4. The van der Waals surface area contributed by atoms with E-state index in [0.29, 0.717) is 5.56 Å². The van der Waals surface area contributed by atoms with Gasteiger partial charge in [0.2, 0.25) is 0 Å². The van der Waals surface area contributed by atoms with Gasteiger partial charge in [0.15, 0.2) is 0 Å². The summed E-state index contributed by atoms with van der Waals surface area (Å²) in [6.45, 7) is 0. The third-order valence-electron chi connectivity index (χ3n) is 4.54. The Kier molecular flexibility index (Phi) is 4.30. The van der Waals surface area contributed by atoms with Crippen LogP contribution in [0, 0.1) is 0 Å². The molecule has 4 heteroatoms. The summed E-state index contributed by atoms with van der Waals surface area (Å²) in [4.78, 5) is 18.6. The van der Waals surface area contributed by atoms with Crippen molar-refractivity contribution in [2.75, 3.05) is 0 Å². The summed E-state index contributed by atoms with van der Waals surface area (Å²) in [5, 5.41) is 2.88. The molecule has 0 N–H and O–H groups in total. The zero-order valence-corrected chi connectivity index (χ0v) is 14.2. The molecule has 3 nitrogen and oxygen atoms in total. The molecule has 4 rings (SSSR count). The fraction of sp³-hybridized carbons (Fsp3) is 0.300. The lowest BCUT2D eigenvalue weighted by Gasteiger charge is -2.22. The lowest BCUT2D eigenvalue weighted by molar-refractivity contribution is 0.0213. The van der Waals surface area contributed by atoms with Crippen LogP contribution in [0.5, 0.6) is 0 Å². The minimum absolute atomic E-state index is 0.0587. The summed E-state index contributed by atoms with van der Waals surface area (Å²) >= 11 is 1.63. The van der Waals surface area contributed by atoms with Crippen LogP contribution in [0.3, 0.4) is 0 Å². The fourth-order valence-electron chi connectivity index (χ4n) is 3.29. The van der Waals surface area contributed by atoms with E-state index in [0.717, 1.165) is 47.2 Å². The number of esters is 1. The molecule has 1 fully saturated rings. The summed E-state index contributed by atoms with van der Waals surface area (Å²) in [5.74, 6) is -0.224. The van der Waals surface area contributed by atoms with Crippen LogP contribution in [0.25, 0.3) is 21.5 Å². The lowest BCUT2D eigenvalue weighted by Crippen LogP contribution is -2.21. The molecule has 2 heterocycles. The van der Waals surface area contributed by atoms with E-state index in [2.05, 4.69) is 0 Å². The Bertz CT molecular complexity index is 851. The molecule has 2 aromatic heterocycles. The fourth-order valence-corrected chi connectivity index (χ4v) is 3.98. The molecule has 122 valence electrons. The van der Waals surface area contributed by atoms with Crippen molar-refractivity contribution >= 4 is 28.2 Å². The van der Waals surface area contributed by atoms with E-state index in [9.17, 15) is 4.79 Å². The van der Waals surface area contributed by atoms with Gasteiger partial charge in [0.05, 0.1) is 21.7 Å². The Hall–Kier alpha value is -2.20. The number of fused-ring (bicyclic) bond motifs is 1. The van der Waals surface area contributed by atoms with Crippen molar-refractivity contribution in [3.63, 3.8) is 0 Å². The highest BCUT2D eigenvalue weighted by molar-refractivity contribution is 7.13. The topological polar surface area (TPSA) is 39.2 Å². The van der Waals surface area contributed by atoms with Crippen molar-refractivity contribution in [2.45, 2.75) is 38.2 Å². The van der Waals surface area contributed by atoms with Gasteiger partial charge < -0.3 is 4.74 Å². The quantitative estimate of drug-likeness (QED) is 0.596. The number of nitrogens with zero attached hydrogens (tertiary/aromatic N) is 1. The first-order valence-corrected chi connectivity index (χ1v) is 9.34. The molecule has 24 heavy (non-hydrogen) atoms. The molecule has 0 amide bonds. The van der Waals surface area contributed by atoms with Gasteiger partial charge in [-0.05, 0) is 49.3 Å². The molecule has 0 saturated heterocycles. The van der Waals surface area contributed by atoms with Gasteiger partial charge in [0, 0.05) is 5.39 Å². The van der Waals surface area contributed by atoms with Crippen molar-refractivity contribution in [3.05, 3.63) is 53.4 Å². The third-order valence-corrected chi connectivity index (χ3v) is 5.43. The van der Waals surface area contributed by atoms with Crippen molar-refractivity contribution in [3.8, 4) is 10.6 Å². The Morgan fingerprint density at radius 1 is 1.08 bits per heavy atom. The molecule has 0 bridgehead atoms. The molecule has 0 unspecified atom stereocenters. The summed E-state index contributed by atoms with van der Waals surface area (Å²) < 4.78 is 5.79. The van der Waals surface area contributed by atoms with Crippen LogP contribution in [0.2, 0.25) is 0 Å². The van der Waals surface area contributed by atoms with Crippen LogP contribution in [-0.4, -0.2) is 17.1 Å². The van der Waals surface area contributed by atoms with Crippen LogP contribution >= 0.6 is 11.3 Å². The second-order valence-corrected chi connectivity index (χ2v) is 7.16. The van der Waals surface area contributed by atoms with Crippen LogP contribution in [0.15, 0.2) is 47.8 Å². The molecule has 0 atom stereocenters. The van der Waals surface area contributed by atoms with Crippen molar-refractivity contribution in [1.29, 1.82) is 0 Å².